The van der Waals surface area contributed by atoms with Gasteiger partial charge >= 0.3 is 6.03 Å². The van der Waals surface area contributed by atoms with Crippen molar-refractivity contribution in [3.63, 3.8) is 0 Å². The molecule has 0 spiro atoms. The Morgan fingerprint density at radius 2 is 1.82 bits per heavy atom. The predicted octanol–water partition coefficient (Wildman–Crippen LogP) is 3.18. The first-order chi connectivity index (χ1) is 10.6. The van der Waals surface area contributed by atoms with Crippen LogP contribution in [0, 0.1) is 0 Å². The standard InChI is InChI=1S/C15H9BrN2O3S/c16-9-3-5-10(6-4-9)18-14(20)12(13(19)17-15(18)21)8-11-2-1-7-22-11/h1-8H,(H,17,19,21). The minimum Gasteiger partial charge on any atom is -0.273 e. The molecule has 110 valence electrons. The summed E-state index contributed by atoms with van der Waals surface area (Å²) in [5, 5.41) is 4.03. The molecule has 0 bridgehead atoms. The lowest BCUT2D eigenvalue weighted by molar-refractivity contribution is -0.122. The van der Waals surface area contributed by atoms with Crippen LogP contribution in [0.5, 0.6) is 0 Å². The van der Waals surface area contributed by atoms with E-state index in [2.05, 4.69) is 21.2 Å². The largest absolute Gasteiger partial charge is 0.335 e. The Hall–Kier alpha value is -2.25. The van der Waals surface area contributed by atoms with Gasteiger partial charge in [0.2, 0.25) is 0 Å². The first-order valence-electron chi connectivity index (χ1n) is 6.27. The van der Waals surface area contributed by atoms with Crippen LogP contribution in [0.3, 0.4) is 0 Å². The molecule has 0 aliphatic carbocycles. The molecule has 1 N–H and O–H groups in total. The number of amides is 4. The number of nitrogens with one attached hydrogen (secondary N) is 1. The summed E-state index contributed by atoms with van der Waals surface area (Å²) < 4.78 is 0.826. The van der Waals surface area contributed by atoms with E-state index >= 15 is 0 Å². The number of barbiturate groups is 1. The molecule has 1 aromatic carbocycles. The van der Waals surface area contributed by atoms with Crippen molar-refractivity contribution in [1.82, 2.24) is 5.32 Å². The average Bonchev–Trinajstić information content (AvgIpc) is 2.98. The maximum Gasteiger partial charge on any atom is 0.335 e. The molecule has 1 aliphatic rings. The van der Waals surface area contributed by atoms with E-state index in [-0.39, 0.29) is 5.57 Å². The highest BCUT2D eigenvalue weighted by atomic mass is 79.9. The highest BCUT2D eigenvalue weighted by Gasteiger charge is 2.36. The van der Waals surface area contributed by atoms with E-state index in [1.165, 1.54) is 17.4 Å². The van der Waals surface area contributed by atoms with Gasteiger partial charge in [-0.25, -0.2) is 9.69 Å². The number of imide groups is 2. The molecule has 7 heteroatoms. The van der Waals surface area contributed by atoms with Gasteiger partial charge in [-0.2, -0.15) is 0 Å². The summed E-state index contributed by atoms with van der Waals surface area (Å²) in [7, 11) is 0. The second-order valence-electron chi connectivity index (χ2n) is 4.45. The zero-order valence-electron chi connectivity index (χ0n) is 11.1. The summed E-state index contributed by atoms with van der Waals surface area (Å²) in [4.78, 5) is 38.2. The smallest absolute Gasteiger partial charge is 0.273 e. The van der Waals surface area contributed by atoms with Crippen molar-refractivity contribution in [3.05, 3.63) is 56.7 Å². The third-order valence-corrected chi connectivity index (χ3v) is 4.36. The molecule has 22 heavy (non-hydrogen) atoms. The number of halogens is 1. The number of thiophene rings is 1. The molecular formula is C15H9BrN2O3S. The van der Waals surface area contributed by atoms with Crippen molar-refractivity contribution in [2.75, 3.05) is 4.90 Å². The minimum absolute atomic E-state index is 0.0648. The fourth-order valence-corrected chi connectivity index (χ4v) is 2.92. The van der Waals surface area contributed by atoms with Gasteiger partial charge in [0.15, 0.2) is 0 Å². The van der Waals surface area contributed by atoms with E-state index in [9.17, 15) is 14.4 Å². The van der Waals surface area contributed by atoms with Crippen LogP contribution in [0.2, 0.25) is 0 Å². The van der Waals surface area contributed by atoms with Gasteiger partial charge in [0.25, 0.3) is 11.8 Å². The average molecular weight is 377 g/mol. The maximum atomic E-state index is 12.5. The lowest BCUT2D eigenvalue weighted by Gasteiger charge is -2.26. The van der Waals surface area contributed by atoms with Gasteiger partial charge in [0.1, 0.15) is 5.57 Å². The summed E-state index contributed by atoms with van der Waals surface area (Å²) in [6.07, 6.45) is 1.49. The van der Waals surface area contributed by atoms with Crippen LogP contribution in [-0.2, 0) is 9.59 Å². The molecule has 5 nitrogen and oxygen atoms in total. The molecule has 1 saturated heterocycles. The second-order valence-corrected chi connectivity index (χ2v) is 6.34. The lowest BCUT2D eigenvalue weighted by atomic mass is 10.1. The Bertz CT molecular complexity index is 782. The van der Waals surface area contributed by atoms with Gasteiger partial charge in [0, 0.05) is 9.35 Å². The van der Waals surface area contributed by atoms with Crippen molar-refractivity contribution < 1.29 is 14.4 Å². The molecule has 1 aromatic heterocycles. The normalized spacial score (nSPS) is 17.0. The van der Waals surface area contributed by atoms with Gasteiger partial charge in [-0.3, -0.25) is 14.9 Å². The molecular weight excluding hydrogens is 368 g/mol. The van der Waals surface area contributed by atoms with Crippen LogP contribution in [0.25, 0.3) is 6.08 Å². The number of anilines is 1. The fraction of sp³-hybridized carbons (Fsp3) is 0. The number of carbonyl (C=O) groups excluding carboxylic acids is 3. The van der Waals surface area contributed by atoms with Crippen LogP contribution < -0.4 is 10.2 Å². The van der Waals surface area contributed by atoms with E-state index in [1.54, 1.807) is 30.3 Å². The zero-order valence-corrected chi connectivity index (χ0v) is 13.5. The van der Waals surface area contributed by atoms with Crippen molar-refractivity contribution in [1.29, 1.82) is 0 Å². The van der Waals surface area contributed by atoms with Crippen molar-refractivity contribution in [2.45, 2.75) is 0 Å². The topological polar surface area (TPSA) is 66.5 Å². The van der Waals surface area contributed by atoms with Crippen LogP contribution in [0.1, 0.15) is 4.88 Å². The van der Waals surface area contributed by atoms with Gasteiger partial charge in [-0.1, -0.05) is 22.0 Å². The quantitative estimate of drug-likeness (QED) is 0.646. The Labute approximate surface area is 138 Å². The van der Waals surface area contributed by atoms with Crippen LogP contribution in [-0.4, -0.2) is 17.8 Å². The van der Waals surface area contributed by atoms with E-state index < -0.39 is 17.8 Å². The van der Waals surface area contributed by atoms with E-state index in [1.807, 2.05) is 11.4 Å². The van der Waals surface area contributed by atoms with Crippen molar-refractivity contribution in [2.24, 2.45) is 0 Å². The highest BCUT2D eigenvalue weighted by Crippen LogP contribution is 2.24. The molecule has 0 atom stereocenters. The summed E-state index contributed by atoms with van der Waals surface area (Å²) in [6.45, 7) is 0. The Morgan fingerprint density at radius 3 is 2.45 bits per heavy atom. The highest BCUT2D eigenvalue weighted by molar-refractivity contribution is 9.10. The number of hydrogen-bond donors (Lipinski definition) is 1. The van der Waals surface area contributed by atoms with Gasteiger partial charge in [-0.15, -0.1) is 11.3 Å². The Kier molecular flexibility index (Phi) is 3.91. The SMILES string of the molecule is O=C1NC(=O)N(c2ccc(Br)cc2)C(=O)C1=Cc1cccs1. The maximum absolute atomic E-state index is 12.5. The molecule has 0 unspecified atom stereocenters. The van der Waals surface area contributed by atoms with Gasteiger partial charge in [-0.05, 0) is 41.8 Å². The second kappa shape index (κ2) is 5.86. The van der Waals surface area contributed by atoms with Crippen LogP contribution >= 0.6 is 27.3 Å². The van der Waals surface area contributed by atoms with E-state index in [0.29, 0.717) is 5.69 Å². The number of benzene rings is 1. The number of urea groups is 1. The number of nitrogens with zero attached hydrogens (tertiary/aromatic N) is 1. The summed E-state index contributed by atoms with van der Waals surface area (Å²) in [6, 6.07) is 9.54. The molecule has 2 aromatic rings. The predicted molar refractivity (Wildman–Crippen MR) is 87.5 cm³/mol. The van der Waals surface area contributed by atoms with Crippen LogP contribution in [0.15, 0.2) is 51.8 Å². The number of rotatable bonds is 2. The first-order valence-corrected chi connectivity index (χ1v) is 7.94. The van der Waals surface area contributed by atoms with Crippen molar-refractivity contribution >= 4 is 56.9 Å². The summed E-state index contributed by atoms with van der Waals surface area (Å²) in [5.41, 5.74) is 0.334. The third kappa shape index (κ3) is 2.72. The van der Waals surface area contributed by atoms with Gasteiger partial charge < -0.3 is 0 Å². The van der Waals surface area contributed by atoms with Gasteiger partial charge in [0.05, 0.1) is 5.69 Å². The Morgan fingerprint density at radius 1 is 1.09 bits per heavy atom. The Balaban J connectivity index is 2.01. The minimum atomic E-state index is -0.749. The molecule has 0 radical (unpaired) electrons. The number of carbonyl (C=O) groups is 3. The van der Waals surface area contributed by atoms with Crippen LogP contribution in [0.4, 0.5) is 10.5 Å². The monoisotopic (exact) mass is 376 g/mol. The van der Waals surface area contributed by atoms with Crippen molar-refractivity contribution in [3.8, 4) is 0 Å². The molecule has 0 saturated carbocycles. The zero-order chi connectivity index (χ0) is 15.7. The van der Waals surface area contributed by atoms with E-state index in [4.69, 9.17) is 0 Å². The summed E-state index contributed by atoms with van der Waals surface area (Å²) in [5.74, 6) is -1.32. The molecule has 4 amide bonds. The molecule has 2 heterocycles. The third-order valence-electron chi connectivity index (χ3n) is 3.02. The van der Waals surface area contributed by atoms with E-state index in [0.717, 1.165) is 14.2 Å². The first kappa shape index (κ1) is 14.7. The summed E-state index contributed by atoms with van der Waals surface area (Å²) >= 11 is 4.69. The molecule has 1 aliphatic heterocycles. The lowest BCUT2D eigenvalue weighted by Crippen LogP contribution is -2.54. The fourth-order valence-electron chi connectivity index (χ4n) is 2.00. The molecule has 3 rings (SSSR count). The molecule has 1 fully saturated rings. The number of hydrogen-bond acceptors (Lipinski definition) is 4.